The van der Waals surface area contributed by atoms with Gasteiger partial charge >= 0.3 is 79.3 Å². The molecule has 0 aliphatic carbocycles. The Morgan fingerprint density at radius 3 is 1.00 bits per heavy atom. The topological polar surface area (TPSA) is 40.5 Å². The van der Waals surface area contributed by atoms with Crippen molar-refractivity contribution in [3.8, 4) is 0 Å². The molecule has 0 heterocycles. The number of rotatable bonds is 0. The van der Waals surface area contributed by atoms with Crippen molar-refractivity contribution in [1.82, 2.24) is 0 Å². The van der Waals surface area contributed by atoms with E-state index in [1.165, 1.54) is 0 Å². The van der Waals surface area contributed by atoms with Crippen molar-refractivity contribution < 1.29 is 9.79 Å². The first-order valence-corrected chi connectivity index (χ1v) is 7.06. The van der Waals surface area contributed by atoms with Crippen molar-refractivity contribution in [2.24, 2.45) is 0 Å². The van der Waals surface area contributed by atoms with Crippen LogP contribution < -0.4 is 0 Å². The van der Waals surface area contributed by atoms with Crippen molar-refractivity contribution in [1.29, 1.82) is 0 Å². The first kappa shape index (κ1) is 12.6. The average Bonchev–Trinajstić information content (AvgIpc) is 1.55. The Balaban J connectivity index is 5.29. The fraction of sp³-hybridized carbons (Fsp3) is 1.00. The molecule has 0 aliphatic rings. The Hall–Kier alpha value is 0.640. The van der Waals surface area contributed by atoms with Crippen molar-refractivity contribution in [3.05, 3.63) is 0 Å². The molecular weight excluding hydrogens is 195 g/mol. The second kappa shape index (κ2) is 2.57. The van der Waals surface area contributed by atoms with Crippen LogP contribution in [0.1, 0.15) is 41.5 Å². The molecule has 2 nitrogen and oxygen atoms in total. The van der Waals surface area contributed by atoms with E-state index in [0.29, 0.717) is 0 Å². The molecule has 12 heavy (non-hydrogen) atoms. The third-order valence-corrected chi connectivity index (χ3v) is 10.2. The predicted molar refractivity (Wildman–Crippen MR) is 56.7 cm³/mol. The van der Waals surface area contributed by atoms with Gasteiger partial charge in [-0.25, -0.2) is 0 Å². The van der Waals surface area contributed by atoms with E-state index in [4.69, 9.17) is 11.2 Å². The summed E-state index contributed by atoms with van der Waals surface area (Å²) >= 11 is 5.99. The van der Waals surface area contributed by atoms with Crippen LogP contribution in [0, 0.1) is 0 Å². The summed E-state index contributed by atoms with van der Waals surface area (Å²) < 4.78 is 0. The normalized spacial score (nSPS) is 18.6. The van der Waals surface area contributed by atoms with E-state index in [-0.39, 0.29) is 0 Å². The van der Waals surface area contributed by atoms with E-state index in [2.05, 4.69) is 0 Å². The molecule has 0 aromatic heterocycles. The summed E-state index contributed by atoms with van der Waals surface area (Å²) in [5, 5.41) is -1.35. The summed E-state index contributed by atoms with van der Waals surface area (Å²) in [4.78, 5) is 20.2. The van der Waals surface area contributed by atoms with Gasteiger partial charge in [0.2, 0.25) is 0 Å². The van der Waals surface area contributed by atoms with Gasteiger partial charge in [-0.05, 0) is 0 Å². The van der Waals surface area contributed by atoms with Crippen LogP contribution in [-0.2, 0) is 0 Å². The van der Waals surface area contributed by atoms with E-state index in [1.807, 2.05) is 0 Å². The van der Waals surface area contributed by atoms with Crippen LogP contribution in [0.2, 0.25) is 0 Å². The molecule has 4 heteroatoms. The molecule has 76 valence electrons. The fourth-order valence-electron chi connectivity index (χ4n) is 1.01. The maximum absolute atomic E-state index is 10.1. The molecule has 0 atom stereocenters. The second-order valence-electron chi connectivity index (χ2n) is 5.26. The molecule has 0 radical (unpaired) electrons. The molecule has 0 rings (SSSR count). The van der Waals surface area contributed by atoms with Crippen LogP contribution in [0.15, 0.2) is 0 Å². The zero-order valence-corrected chi connectivity index (χ0v) is 10.4. The van der Waals surface area contributed by atoms with E-state index in [0.717, 1.165) is 0 Å². The van der Waals surface area contributed by atoms with Gasteiger partial charge in [0.15, 0.2) is 0 Å². The van der Waals surface area contributed by atoms with Crippen molar-refractivity contribution in [3.63, 3.8) is 0 Å². The van der Waals surface area contributed by atoms with Gasteiger partial charge in [-0.1, -0.05) is 0 Å². The Labute approximate surface area is 79.8 Å². The first-order valence-electron chi connectivity index (χ1n) is 4.02. The molecule has 0 bridgehead atoms. The van der Waals surface area contributed by atoms with Crippen LogP contribution in [0.5, 0.6) is 0 Å². The maximum atomic E-state index is 10.1. The van der Waals surface area contributed by atoms with Gasteiger partial charge in [0.25, 0.3) is 0 Å². The van der Waals surface area contributed by atoms with Crippen molar-refractivity contribution in [2.75, 3.05) is 0 Å². The SMILES string of the molecule is CC(C)(C)P(O)(O)(Cl)C(C)(C)C. The summed E-state index contributed by atoms with van der Waals surface area (Å²) in [6.07, 6.45) is -4.11. The third-order valence-electron chi connectivity index (χ3n) is 2.38. The van der Waals surface area contributed by atoms with Gasteiger partial charge in [0, 0.05) is 0 Å². The number of hydrogen-bond acceptors (Lipinski definition) is 2. The van der Waals surface area contributed by atoms with Crippen molar-refractivity contribution >= 4 is 17.7 Å². The van der Waals surface area contributed by atoms with Crippen LogP contribution in [0.3, 0.4) is 0 Å². The minimum atomic E-state index is -4.11. The Morgan fingerprint density at radius 1 is 0.833 bits per heavy atom. The van der Waals surface area contributed by atoms with Crippen LogP contribution in [0.25, 0.3) is 0 Å². The molecule has 0 aromatic rings. The predicted octanol–water partition coefficient (Wildman–Crippen LogP) is 3.11. The second-order valence-corrected chi connectivity index (χ2v) is 11.7. The Bertz CT molecular complexity index is 162. The van der Waals surface area contributed by atoms with Gasteiger partial charge in [0.1, 0.15) is 0 Å². The summed E-state index contributed by atoms with van der Waals surface area (Å²) in [5.74, 6) is 0. The third kappa shape index (κ3) is 1.63. The van der Waals surface area contributed by atoms with Crippen LogP contribution in [0.4, 0.5) is 0 Å². The van der Waals surface area contributed by atoms with Crippen LogP contribution in [-0.4, -0.2) is 20.1 Å². The van der Waals surface area contributed by atoms with Gasteiger partial charge < -0.3 is 0 Å². The molecule has 0 unspecified atom stereocenters. The number of halogens is 1. The molecule has 0 spiro atoms. The summed E-state index contributed by atoms with van der Waals surface area (Å²) in [6.45, 7) is 10.5. The molecule has 0 saturated heterocycles. The van der Waals surface area contributed by atoms with Crippen LogP contribution >= 0.6 is 17.7 Å². The average molecular weight is 215 g/mol. The molecule has 0 saturated carbocycles. The Morgan fingerprint density at radius 2 is 1.00 bits per heavy atom. The monoisotopic (exact) mass is 214 g/mol. The quantitative estimate of drug-likeness (QED) is 0.609. The summed E-state index contributed by atoms with van der Waals surface area (Å²) in [7, 11) is 0. The first-order chi connectivity index (χ1) is 4.79. The van der Waals surface area contributed by atoms with Gasteiger partial charge in [-0.15, -0.1) is 0 Å². The van der Waals surface area contributed by atoms with Gasteiger partial charge in [-0.3, -0.25) is 0 Å². The molecule has 0 aliphatic heterocycles. The van der Waals surface area contributed by atoms with E-state index < -0.39 is 16.7 Å². The molecule has 0 amide bonds. The zero-order valence-electron chi connectivity index (χ0n) is 8.72. The van der Waals surface area contributed by atoms with E-state index in [1.54, 1.807) is 41.5 Å². The molecule has 0 fully saturated rings. The summed E-state index contributed by atoms with van der Waals surface area (Å²) in [6, 6.07) is 0. The number of hydrogen-bond donors (Lipinski definition) is 2. The van der Waals surface area contributed by atoms with Gasteiger partial charge in [0.05, 0.1) is 0 Å². The molecule has 0 aromatic carbocycles. The van der Waals surface area contributed by atoms with Crippen molar-refractivity contribution in [2.45, 2.75) is 51.9 Å². The minimum absolute atomic E-state index is 0.675. The fourth-order valence-corrected chi connectivity index (χ4v) is 3.02. The molecular formula is C8H20ClO2P. The standard InChI is InChI=1S/C8H20ClO2P/c1-7(2,3)12(9,10,11)8(4,5)6/h10-11H,1-6H3. The van der Waals surface area contributed by atoms with E-state index >= 15 is 0 Å². The van der Waals surface area contributed by atoms with Gasteiger partial charge in [-0.2, -0.15) is 0 Å². The summed E-state index contributed by atoms with van der Waals surface area (Å²) in [5.41, 5.74) is 0. The Kier molecular flexibility index (Phi) is 2.71. The molecule has 2 N–H and O–H groups in total. The van der Waals surface area contributed by atoms with E-state index in [9.17, 15) is 9.79 Å². The zero-order chi connectivity index (χ0) is 10.4.